The van der Waals surface area contributed by atoms with Gasteiger partial charge in [-0.3, -0.25) is 4.79 Å². The van der Waals surface area contributed by atoms with Gasteiger partial charge in [-0.25, -0.2) is 4.98 Å². The summed E-state index contributed by atoms with van der Waals surface area (Å²) < 4.78 is 0. The molecule has 0 saturated carbocycles. The molecular formula is C10H15N3OS. The Hall–Kier alpha value is -0.940. The molecule has 1 amide bonds. The molecule has 0 radical (unpaired) electrons. The highest BCUT2D eigenvalue weighted by Crippen LogP contribution is 2.20. The third kappa shape index (κ3) is 2.35. The van der Waals surface area contributed by atoms with Crippen molar-refractivity contribution < 1.29 is 4.79 Å². The van der Waals surface area contributed by atoms with Gasteiger partial charge in [-0.05, 0) is 19.4 Å². The smallest absolute Gasteiger partial charge is 0.230 e. The molecule has 1 aromatic heterocycles. The Kier molecular flexibility index (Phi) is 3.02. The van der Waals surface area contributed by atoms with Gasteiger partial charge in [-0.2, -0.15) is 0 Å². The number of amides is 1. The van der Waals surface area contributed by atoms with Crippen LogP contribution in [0, 0.1) is 18.8 Å². The molecule has 1 fully saturated rings. The molecule has 1 saturated heterocycles. The quantitative estimate of drug-likeness (QED) is 0.796. The van der Waals surface area contributed by atoms with Crippen molar-refractivity contribution in [1.29, 1.82) is 0 Å². The van der Waals surface area contributed by atoms with E-state index in [1.807, 2.05) is 12.3 Å². The van der Waals surface area contributed by atoms with E-state index >= 15 is 0 Å². The summed E-state index contributed by atoms with van der Waals surface area (Å²) in [4.78, 5) is 16.1. The summed E-state index contributed by atoms with van der Waals surface area (Å²) in [5.74, 6) is 0.571. The zero-order valence-electron chi connectivity index (χ0n) is 8.91. The van der Waals surface area contributed by atoms with E-state index in [0.29, 0.717) is 11.0 Å². The van der Waals surface area contributed by atoms with Crippen LogP contribution >= 0.6 is 11.3 Å². The first-order valence-corrected chi connectivity index (χ1v) is 5.98. The number of nitrogens with zero attached hydrogens (tertiary/aromatic N) is 1. The zero-order valence-corrected chi connectivity index (χ0v) is 9.73. The number of rotatable bonds is 2. The van der Waals surface area contributed by atoms with Gasteiger partial charge in [0, 0.05) is 11.9 Å². The average molecular weight is 225 g/mol. The third-order valence-electron chi connectivity index (χ3n) is 2.70. The van der Waals surface area contributed by atoms with Crippen LogP contribution in [-0.2, 0) is 4.79 Å². The van der Waals surface area contributed by atoms with E-state index in [9.17, 15) is 4.79 Å². The summed E-state index contributed by atoms with van der Waals surface area (Å²) >= 11 is 1.47. The van der Waals surface area contributed by atoms with Crippen molar-refractivity contribution in [2.45, 2.75) is 13.8 Å². The van der Waals surface area contributed by atoms with Crippen molar-refractivity contribution in [3.8, 4) is 0 Å². The highest BCUT2D eigenvalue weighted by atomic mass is 32.1. The lowest BCUT2D eigenvalue weighted by Crippen LogP contribution is -2.27. The van der Waals surface area contributed by atoms with E-state index in [4.69, 9.17) is 0 Å². The third-order valence-corrected chi connectivity index (χ3v) is 3.58. The zero-order chi connectivity index (χ0) is 10.8. The fraction of sp³-hybridized carbons (Fsp3) is 0.600. The van der Waals surface area contributed by atoms with Crippen LogP contribution in [0.15, 0.2) is 5.38 Å². The molecule has 15 heavy (non-hydrogen) atoms. The lowest BCUT2D eigenvalue weighted by molar-refractivity contribution is -0.120. The molecule has 2 heterocycles. The van der Waals surface area contributed by atoms with Crippen LogP contribution in [0.1, 0.15) is 12.6 Å². The summed E-state index contributed by atoms with van der Waals surface area (Å²) in [5.41, 5.74) is 0.952. The lowest BCUT2D eigenvalue weighted by Gasteiger charge is -2.12. The molecule has 2 atom stereocenters. The fourth-order valence-corrected chi connectivity index (χ4v) is 2.46. The van der Waals surface area contributed by atoms with Gasteiger partial charge in [0.2, 0.25) is 5.91 Å². The van der Waals surface area contributed by atoms with Gasteiger partial charge in [-0.15, -0.1) is 11.3 Å². The number of nitrogens with one attached hydrogen (secondary N) is 2. The lowest BCUT2D eigenvalue weighted by atomic mass is 9.97. The maximum atomic E-state index is 11.8. The van der Waals surface area contributed by atoms with Crippen LogP contribution in [0.2, 0.25) is 0 Å². The number of anilines is 1. The minimum Gasteiger partial charge on any atom is -0.316 e. The van der Waals surface area contributed by atoms with Crippen molar-refractivity contribution in [3.05, 3.63) is 11.1 Å². The van der Waals surface area contributed by atoms with Crippen LogP contribution in [0.4, 0.5) is 5.13 Å². The topological polar surface area (TPSA) is 54.0 Å². The molecule has 5 heteroatoms. The van der Waals surface area contributed by atoms with Crippen LogP contribution < -0.4 is 10.6 Å². The summed E-state index contributed by atoms with van der Waals surface area (Å²) in [6.07, 6.45) is 0. The van der Waals surface area contributed by atoms with Crippen molar-refractivity contribution in [2.24, 2.45) is 11.8 Å². The number of aryl methyl sites for hydroxylation is 1. The molecule has 2 unspecified atom stereocenters. The molecule has 2 N–H and O–H groups in total. The van der Waals surface area contributed by atoms with Gasteiger partial charge in [0.1, 0.15) is 0 Å². The first-order valence-electron chi connectivity index (χ1n) is 5.10. The molecule has 1 aromatic rings. The minimum absolute atomic E-state index is 0.0780. The highest BCUT2D eigenvalue weighted by molar-refractivity contribution is 7.13. The first kappa shape index (κ1) is 10.6. The normalized spacial score (nSPS) is 25.5. The number of hydrogen-bond acceptors (Lipinski definition) is 4. The van der Waals surface area contributed by atoms with Crippen LogP contribution in [0.3, 0.4) is 0 Å². The van der Waals surface area contributed by atoms with Gasteiger partial charge < -0.3 is 10.6 Å². The Morgan fingerprint density at radius 2 is 2.47 bits per heavy atom. The van der Waals surface area contributed by atoms with Crippen molar-refractivity contribution in [2.75, 3.05) is 18.4 Å². The maximum Gasteiger partial charge on any atom is 0.230 e. The average Bonchev–Trinajstić information content (AvgIpc) is 2.75. The number of thiazole rings is 1. The standard InChI is InChI=1S/C10H15N3OS/c1-6-3-11-4-8(6)9(14)13-10-12-7(2)5-15-10/h5-6,8,11H,3-4H2,1-2H3,(H,12,13,14). The molecule has 0 aliphatic carbocycles. The fourth-order valence-electron chi connectivity index (χ4n) is 1.77. The summed E-state index contributed by atoms with van der Waals surface area (Å²) in [6, 6.07) is 0. The molecule has 4 nitrogen and oxygen atoms in total. The van der Waals surface area contributed by atoms with Crippen molar-refractivity contribution in [3.63, 3.8) is 0 Å². The second-order valence-electron chi connectivity index (χ2n) is 4.03. The molecule has 0 spiro atoms. The van der Waals surface area contributed by atoms with E-state index in [1.54, 1.807) is 0 Å². The number of aromatic nitrogens is 1. The monoisotopic (exact) mass is 225 g/mol. The summed E-state index contributed by atoms with van der Waals surface area (Å²) in [6.45, 7) is 5.72. The largest absolute Gasteiger partial charge is 0.316 e. The van der Waals surface area contributed by atoms with E-state index in [1.165, 1.54) is 11.3 Å². The Balaban J connectivity index is 1.97. The molecule has 0 aromatic carbocycles. The highest BCUT2D eigenvalue weighted by Gasteiger charge is 2.29. The predicted molar refractivity (Wildman–Crippen MR) is 61.0 cm³/mol. The maximum absolute atomic E-state index is 11.8. The van der Waals surface area contributed by atoms with E-state index < -0.39 is 0 Å². The number of hydrogen-bond donors (Lipinski definition) is 2. The van der Waals surface area contributed by atoms with Crippen molar-refractivity contribution >= 4 is 22.4 Å². The molecule has 0 bridgehead atoms. The predicted octanol–water partition coefficient (Wildman–Crippen LogP) is 1.25. The Morgan fingerprint density at radius 1 is 1.67 bits per heavy atom. The van der Waals surface area contributed by atoms with Crippen LogP contribution in [-0.4, -0.2) is 24.0 Å². The second-order valence-corrected chi connectivity index (χ2v) is 4.88. The van der Waals surface area contributed by atoms with Gasteiger partial charge >= 0.3 is 0 Å². The van der Waals surface area contributed by atoms with E-state index in [-0.39, 0.29) is 11.8 Å². The van der Waals surface area contributed by atoms with Gasteiger partial charge in [0.25, 0.3) is 0 Å². The Morgan fingerprint density at radius 3 is 3.00 bits per heavy atom. The number of carbonyl (C=O) groups is 1. The molecule has 1 aliphatic heterocycles. The van der Waals surface area contributed by atoms with Crippen LogP contribution in [0.5, 0.6) is 0 Å². The van der Waals surface area contributed by atoms with Gasteiger partial charge in [-0.1, -0.05) is 6.92 Å². The molecule has 2 rings (SSSR count). The van der Waals surface area contributed by atoms with E-state index in [2.05, 4.69) is 22.5 Å². The Bertz CT molecular complexity index is 363. The van der Waals surface area contributed by atoms with Gasteiger partial charge in [0.15, 0.2) is 5.13 Å². The first-order chi connectivity index (χ1) is 7.16. The molecule has 1 aliphatic rings. The van der Waals surface area contributed by atoms with Gasteiger partial charge in [0.05, 0.1) is 11.6 Å². The van der Waals surface area contributed by atoms with Crippen molar-refractivity contribution in [1.82, 2.24) is 10.3 Å². The minimum atomic E-state index is 0.0780. The summed E-state index contributed by atoms with van der Waals surface area (Å²) in [7, 11) is 0. The van der Waals surface area contributed by atoms with E-state index in [0.717, 1.165) is 18.8 Å². The number of carbonyl (C=O) groups excluding carboxylic acids is 1. The second kappa shape index (κ2) is 4.28. The Labute approximate surface area is 93.1 Å². The van der Waals surface area contributed by atoms with Crippen LogP contribution in [0.25, 0.3) is 0 Å². The SMILES string of the molecule is Cc1csc(NC(=O)C2CNCC2C)n1. The molecular weight excluding hydrogens is 210 g/mol. The molecule has 82 valence electrons. The summed E-state index contributed by atoms with van der Waals surface area (Å²) in [5, 5.41) is 8.72.